The van der Waals surface area contributed by atoms with Gasteiger partial charge in [0.2, 0.25) is 0 Å². The lowest BCUT2D eigenvalue weighted by atomic mass is 10.0. The molecule has 0 N–H and O–H groups in total. The van der Waals surface area contributed by atoms with E-state index in [1.807, 2.05) is 23.9 Å². The first kappa shape index (κ1) is 14.2. The summed E-state index contributed by atoms with van der Waals surface area (Å²) in [6, 6.07) is 1.71. The van der Waals surface area contributed by atoms with Crippen molar-refractivity contribution >= 4 is 33.3 Å². The van der Waals surface area contributed by atoms with Crippen LogP contribution in [0.2, 0.25) is 0 Å². The highest BCUT2D eigenvalue weighted by Crippen LogP contribution is 2.38. The average Bonchev–Trinajstić information content (AvgIpc) is 3.20. The molecule has 0 saturated carbocycles. The Labute approximate surface area is 137 Å². The Morgan fingerprint density at radius 3 is 3.00 bits per heavy atom. The molecule has 1 aliphatic rings. The Morgan fingerprint density at radius 2 is 2.26 bits per heavy atom. The Balaban J connectivity index is 1.72. The fraction of sp³-hybridized carbons (Fsp3) is 0.312. The van der Waals surface area contributed by atoms with Gasteiger partial charge >= 0.3 is 0 Å². The molecule has 0 unspecified atom stereocenters. The first-order chi connectivity index (χ1) is 11.1. The van der Waals surface area contributed by atoms with Gasteiger partial charge in [0.15, 0.2) is 0 Å². The van der Waals surface area contributed by atoms with Crippen LogP contribution in [0.4, 0.5) is 5.82 Å². The summed E-state index contributed by atoms with van der Waals surface area (Å²) in [5.74, 6) is 0.961. The third kappa shape index (κ3) is 2.28. The van der Waals surface area contributed by atoms with Crippen LogP contribution in [0.3, 0.4) is 0 Å². The molecule has 0 aromatic carbocycles. The van der Waals surface area contributed by atoms with Gasteiger partial charge in [0.1, 0.15) is 23.2 Å². The molecule has 4 rings (SSSR count). The number of carbonyl (C=O) groups is 1. The number of anilines is 1. The molecule has 23 heavy (non-hydrogen) atoms. The summed E-state index contributed by atoms with van der Waals surface area (Å²) in [6.07, 6.45) is 5.46. The molecule has 3 aromatic heterocycles. The van der Waals surface area contributed by atoms with Crippen LogP contribution in [0.5, 0.6) is 0 Å². The van der Waals surface area contributed by atoms with Crippen LogP contribution in [0.25, 0.3) is 10.2 Å². The fourth-order valence-corrected chi connectivity index (χ4v) is 4.19. The number of carbonyl (C=O) groups excluding carboxylic acids is 1. The third-order valence-corrected chi connectivity index (χ3v) is 5.22. The molecule has 0 atom stereocenters. The minimum atomic E-state index is 0.0146. The third-order valence-electron chi connectivity index (χ3n) is 4.10. The zero-order valence-corrected chi connectivity index (χ0v) is 13.8. The summed E-state index contributed by atoms with van der Waals surface area (Å²) in [4.78, 5) is 27.4. The minimum absolute atomic E-state index is 0.0146. The fourth-order valence-electron chi connectivity index (χ4n) is 2.99. The van der Waals surface area contributed by atoms with E-state index in [0.717, 1.165) is 22.5 Å². The van der Waals surface area contributed by atoms with Crippen LogP contribution in [0.1, 0.15) is 20.8 Å². The maximum absolute atomic E-state index is 12.5. The van der Waals surface area contributed by atoms with Crippen molar-refractivity contribution in [1.82, 2.24) is 14.9 Å². The molecule has 0 bridgehead atoms. The minimum Gasteiger partial charge on any atom is -0.472 e. The molecule has 118 valence electrons. The van der Waals surface area contributed by atoms with Crippen LogP contribution < -0.4 is 4.90 Å². The van der Waals surface area contributed by atoms with Gasteiger partial charge in [-0.2, -0.15) is 0 Å². The van der Waals surface area contributed by atoms with Crippen LogP contribution >= 0.6 is 11.3 Å². The van der Waals surface area contributed by atoms with E-state index >= 15 is 0 Å². The van der Waals surface area contributed by atoms with E-state index < -0.39 is 0 Å². The molecule has 0 aliphatic carbocycles. The topological polar surface area (TPSA) is 62.5 Å². The number of fused-ring (bicyclic) bond motifs is 3. The predicted octanol–water partition coefficient (Wildman–Crippen LogP) is 2.55. The van der Waals surface area contributed by atoms with E-state index in [0.29, 0.717) is 18.7 Å². The summed E-state index contributed by atoms with van der Waals surface area (Å²) in [7, 11) is 3.98. The van der Waals surface area contributed by atoms with Gasteiger partial charge in [-0.25, -0.2) is 9.97 Å². The van der Waals surface area contributed by atoms with Crippen LogP contribution in [-0.4, -0.2) is 41.4 Å². The highest BCUT2D eigenvalue weighted by Gasteiger charge is 2.27. The van der Waals surface area contributed by atoms with E-state index in [4.69, 9.17) is 4.42 Å². The lowest BCUT2D eigenvalue weighted by molar-refractivity contribution is 0.0736. The molecule has 7 heteroatoms. The molecule has 0 saturated heterocycles. The molecule has 1 amide bonds. The number of hydrogen-bond donors (Lipinski definition) is 0. The zero-order chi connectivity index (χ0) is 16.0. The second-order valence-electron chi connectivity index (χ2n) is 5.76. The van der Waals surface area contributed by atoms with Crippen LogP contribution in [0, 0.1) is 0 Å². The van der Waals surface area contributed by atoms with Crippen molar-refractivity contribution in [2.75, 3.05) is 25.5 Å². The number of hydrogen-bond acceptors (Lipinski definition) is 6. The predicted molar refractivity (Wildman–Crippen MR) is 88.9 cm³/mol. The number of amides is 1. The normalized spacial score (nSPS) is 14.1. The lowest BCUT2D eigenvalue weighted by Gasteiger charge is -2.27. The van der Waals surface area contributed by atoms with Gasteiger partial charge in [-0.3, -0.25) is 4.79 Å². The van der Waals surface area contributed by atoms with Gasteiger partial charge in [-0.15, -0.1) is 11.3 Å². The van der Waals surface area contributed by atoms with Crippen LogP contribution in [0.15, 0.2) is 29.3 Å². The standard InChI is InChI=1S/C16H16N4O2S/c1-19(2)14-13-11-3-5-20(16(21)10-4-6-22-8-10)7-12(11)23-15(13)18-9-17-14/h4,6,8-9H,3,5,7H2,1-2H3. The van der Waals surface area contributed by atoms with Crippen LogP contribution in [-0.2, 0) is 13.0 Å². The van der Waals surface area contributed by atoms with E-state index in [1.165, 1.54) is 23.0 Å². The Kier molecular flexibility index (Phi) is 3.30. The molecule has 4 heterocycles. The second kappa shape index (κ2) is 5.34. The van der Waals surface area contributed by atoms with Crippen molar-refractivity contribution in [2.45, 2.75) is 13.0 Å². The van der Waals surface area contributed by atoms with E-state index in [2.05, 4.69) is 9.97 Å². The van der Waals surface area contributed by atoms with Gasteiger partial charge < -0.3 is 14.2 Å². The molecule has 0 radical (unpaired) electrons. The summed E-state index contributed by atoms with van der Waals surface area (Å²) in [5.41, 5.74) is 1.88. The average molecular weight is 328 g/mol. The largest absolute Gasteiger partial charge is 0.472 e. The second-order valence-corrected chi connectivity index (χ2v) is 6.85. The van der Waals surface area contributed by atoms with Crippen molar-refractivity contribution in [3.05, 3.63) is 40.9 Å². The number of thiophene rings is 1. The summed E-state index contributed by atoms with van der Waals surface area (Å²) < 4.78 is 5.02. The lowest BCUT2D eigenvalue weighted by Crippen LogP contribution is -2.35. The highest BCUT2D eigenvalue weighted by atomic mass is 32.1. The highest BCUT2D eigenvalue weighted by molar-refractivity contribution is 7.19. The molecule has 3 aromatic rings. The maximum atomic E-state index is 12.5. The molecule has 0 fully saturated rings. The van der Waals surface area contributed by atoms with Crippen molar-refractivity contribution in [1.29, 1.82) is 0 Å². The summed E-state index contributed by atoms with van der Waals surface area (Å²) in [6.45, 7) is 1.32. The zero-order valence-electron chi connectivity index (χ0n) is 12.9. The smallest absolute Gasteiger partial charge is 0.257 e. The quantitative estimate of drug-likeness (QED) is 0.723. The van der Waals surface area contributed by atoms with Crippen molar-refractivity contribution in [3.63, 3.8) is 0 Å². The molecular formula is C16H16N4O2S. The number of aromatic nitrogens is 2. The van der Waals surface area contributed by atoms with Gasteiger partial charge in [-0.1, -0.05) is 0 Å². The van der Waals surface area contributed by atoms with E-state index in [1.54, 1.807) is 23.7 Å². The Hall–Kier alpha value is -2.41. The molecule has 0 spiro atoms. The van der Waals surface area contributed by atoms with Crippen molar-refractivity contribution < 1.29 is 9.21 Å². The van der Waals surface area contributed by atoms with Crippen molar-refractivity contribution in [3.8, 4) is 0 Å². The van der Waals surface area contributed by atoms with Gasteiger partial charge in [-0.05, 0) is 18.1 Å². The van der Waals surface area contributed by atoms with Gasteiger partial charge in [0, 0.05) is 25.5 Å². The molecular weight excluding hydrogens is 312 g/mol. The van der Waals surface area contributed by atoms with Gasteiger partial charge in [0.25, 0.3) is 5.91 Å². The number of nitrogens with zero attached hydrogens (tertiary/aromatic N) is 4. The summed E-state index contributed by atoms with van der Waals surface area (Å²) in [5, 5.41) is 1.13. The number of furan rings is 1. The summed E-state index contributed by atoms with van der Waals surface area (Å²) >= 11 is 1.65. The number of rotatable bonds is 2. The monoisotopic (exact) mass is 328 g/mol. The first-order valence-corrected chi connectivity index (χ1v) is 8.21. The molecule has 1 aliphatic heterocycles. The Bertz CT molecular complexity index is 870. The first-order valence-electron chi connectivity index (χ1n) is 7.39. The van der Waals surface area contributed by atoms with E-state index in [-0.39, 0.29) is 5.91 Å². The Morgan fingerprint density at radius 1 is 1.39 bits per heavy atom. The SMILES string of the molecule is CN(C)c1ncnc2sc3c(c12)CCN(C(=O)c1ccoc1)C3. The van der Waals surface area contributed by atoms with E-state index in [9.17, 15) is 4.79 Å². The van der Waals surface area contributed by atoms with Gasteiger partial charge in [0.05, 0.1) is 23.8 Å². The maximum Gasteiger partial charge on any atom is 0.257 e. The molecule has 6 nitrogen and oxygen atoms in total. The van der Waals surface area contributed by atoms with Crippen molar-refractivity contribution in [2.24, 2.45) is 0 Å².